The Morgan fingerprint density at radius 3 is 2.74 bits per heavy atom. The Labute approximate surface area is 139 Å². The average Bonchev–Trinajstić information content (AvgIpc) is 2.47. The van der Waals surface area contributed by atoms with E-state index in [1.165, 1.54) is 5.57 Å². The number of ether oxygens (including phenoxy) is 1. The van der Waals surface area contributed by atoms with Gasteiger partial charge in [-0.05, 0) is 69.9 Å². The van der Waals surface area contributed by atoms with Gasteiger partial charge in [0, 0.05) is 17.0 Å². The molecule has 1 unspecified atom stereocenters. The maximum absolute atomic E-state index is 10.6. The Hall–Kier alpha value is -1.48. The van der Waals surface area contributed by atoms with Crippen molar-refractivity contribution >= 4 is 0 Å². The van der Waals surface area contributed by atoms with Gasteiger partial charge < -0.3 is 14.9 Å². The lowest BCUT2D eigenvalue weighted by Crippen LogP contribution is -2.38. The number of aliphatic hydroxyl groups is 1. The number of hydrogen-bond donors (Lipinski definition) is 2. The van der Waals surface area contributed by atoms with Crippen LogP contribution in [0.25, 0.3) is 0 Å². The van der Waals surface area contributed by atoms with E-state index in [0.717, 1.165) is 48.1 Å². The van der Waals surface area contributed by atoms with Gasteiger partial charge in [-0.15, -0.1) is 0 Å². The van der Waals surface area contributed by atoms with Gasteiger partial charge in [-0.3, -0.25) is 0 Å². The van der Waals surface area contributed by atoms with Crippen LogP contribution >= 0.6 is 0 Å². The average molecular weight is 316 g/mol. The van der Waals surface area contributed by atoms with Crippen LogP contribution in [0.1, 0.15) is 75.0 Å². The Morgan fingerprint density at radius 1 is 1.30 bits per heavy atom. The van der Waals surface area contributed by atoms with Crippen LogP contribution in [0.2, 0.25) is 0 Å². The Balaban J connectivity index is 2.00. The standard InChI is InChI=1S/C20H28O3/c1-11(2)6-5-7-15-14-9-8-12(3)17-16(21)10-13(4)19(18(14)17)23-20(15)22/h6,10,12,14-15,20-22H,5,7-9H2,1-4H3/t12-,14+,15+,20?/m1/s1. The molecule has 1 aliphatic carbocycles. The summed E-state index contributed by atoms with van der Waals surface area (Å²) in [6.45, 7) is 8.32. The molecule has 0 fully saturated rings. The summed E-state index contributed by atoms with van der Waals surface area (Å²) < 4.78 is 5.91. The highest BCUT2D eigenvalue weighted by Gasteiger charge is 2.42. The molecule has 0 spiro atoms. The van der Waals surface area contributed by atoms with Crippen LogP contribution in [-0.2, 0) is 0 Å². The zero-order chi connectivity index (χ0) is 16.7. The Kier molecular flexibility index (Phi) is 4.41. The van der Waals surface area contributed by atoms with E-state index in [-0.39, 0.29) is 11.8 Å². The van der Waals surface area contributed by atoms with Crippen LogP contribution in [-0.4, -0.2) is 16.5 Å². The largest absolute Gasteiger partial charge is 0.508 e. The van der Waals surface area contributed by atoms with Gasteiger partial charge in [-0.2, -0.15) is 0 Å². The molecule has 3 nitrogen and oxygen atoms in total. The van der Waals surface area contributed by atoms with Crippen molar-refractivity contribution in [2.75, 3.05) is 0 Å². The number of aromatic hydroxyl groups is 1. The first-order chi connectivity index (χ1) is 10.9. The minimum absolute atomic E-state index is 0.102. The highest BCUT2D eigenvalue weighted by Crippen LogP contribution is 2.54. The quantitative estimate of drug-likeness (QED) is 0.791. The fourth-order valence-electron chi connectivity index (χ4n) is 4.33. The van der Waals surface area contributed by atoms with Crippen molar-refractivity contribution < 1.29 is 14.9 Å². The lowest BCUT2D eigenvalue weighted by atomic mass is 9.68. The molecule has 126 valence electrons. The van der Waals surface area contributed by atoms with Crippen LogP contribution in [0.4, 0.5) is 0 Å². The zero-order valence-electron chi connectivity index (χ0n) is 14.6. The topological polar surface area (TPSA) is 49.7 Å². The molecule has 1 aromatic carbocycles. The van der Waals surface area contributed by atoms with Crippen LogP contribution < -0.4 is 4.74 Å². The summed E-state index contributed by atoms with van der Waals surface area (Å²) in [4.78, 5) is 0. The van der Waals surface area contributed by atoms with Crippen molar-refractivity contribution in [3.8, 4) is 11.5 Å². The van der Waals surface area contributed by atoms with E-state index < -0.39 is 6.29 Å². The molecule has 0 radical (unpaired) electrons. The summed E-state index contributed by atoms with van der Waals surface area (Å²) in [5, 5.41) is 21.0. The molecule has 1 aliphatic heterocycles. The van der Waals surface area contributed by atoms with Crippen LogP contribution in [0, 0.1) is 12.8 Å². The molecule has 3 rings (SSSR count). The van der Waals surface area contributed by atoms with E-state index in [0.29, 0.717) is 11.7 Å². The third-order valence-electron chi connectivity index (χ3n) is 5.47. The van der Waals surface area contributed by atoms with Gasteiger partial charge >= 0.3 is 0 Å². The fraction of sp³-hybridized carbons (Fsp3) is 0.600. The molecule has 2 aliphatic rings. The Bertz CT molecular complexity index is 628. The SMILES string of the molecule is CC(C)=CCC[C@@H]1C(O)Oc2c(C)cc(O)c3c2[C@H]1CC[C@H]3C. The maximum atomic E-state index is 10.6. The molecule has 1 heterocycles. The van der Waals surface area contributed by atoms with Crippen molar-refractivity contribution in [3.05, 3.63) is 34.4 Å². The van der Waals surface area contributed by atoms with E-state index in [4.69, 9.17) is 4.74 Å². The number of aliphatic hydroxyl groups excluding tert-OH is 1. The number of hydrogen-bond acceptors (Lipinski definition) is 3. The zero-order valence-corrected chi connectivity index (χ0v) is 14.6. The van der Waals surface area contributed by atoms with E-state index in [1.807, 2.05) is 6.92 Å². The number of phenols is 1. The highest BCUT2D eigenvalue weighted by molar-refractivity contribution is 5.58. The molecule has 23 heavy (non-hydrogen) atoms. The number of benzene rings is 1. The summed E-state index contributed by atoms with van der Waals surface area (Å²) in [7, 11) is 0. The predicted octanol–water partition coefficient (Wildman–Crippen LogP) is 4.75. The minimum atomic E-state index is -0.748. The van der Waals surface area contributed by atoms with Crippen molar-refractivity contribution in [3.63, 3.8) is 0 Å². The molecule has 3 heteroatoms. The number of aryl methyl sites for hydroxylation is 1. The lowest BCUT2D eigenvalue weighted by molar-refractivity contribution is -0.0881. The van der Waals surface area contributed by atoms with Crippen molar-refractivity contribution in [2.24, 2.45) is 5.92 Å². The van der Waals surface area contributed by atoms with Crippen LogP contribution in [0.15, 0.2) is 17.7 Å². The monoisotopic (exact) mass is 316 g/mol. The van der Waals surface area contributed by atoms with Gasteiger partial charge in [-0.1, -0.05) is 18.6 Å². The first-order valence-electron chi connectivity index (χ1n) is 8.74. The van der Waals surface area contributed by atoms with Gasteiger partial charge in [-0.25, -0.2) is 0 Å². The molecule has 4 atom stereocenters. The number of phenolic OH excluding ortho intramolecular Hbond substituents is 1. The molecular formula is C20H28O3. The molecule has 2 N–H and O–H groups in total. The molecule has 1 aromatic rings. The first kappa shape index (κ1) is 16.4. The Morgan fingerprint density at radius 2 is 2.04 bits per heavy atom. The molecule has 0 aromatic heterocycles. The van der Waals surface area contributed by atoms with E-state index in [2.05, 4.69) is 26.8 Å². The van der Waals surface area contributed by atoms with Crippen LogP contribution in [0.5, 0.6) is 11.5 Å². The molecule has 0 bridgehead atoms. The lowest BCUT2D eigenvalue weighted by Gasteiger charge is -2.43. The second-order valence-electron chi connectivity index (χ2n) is 7.49. The highest BCUT2D eigenvalue weighted by atomic mass is 16.6. The minimum Gasteiger partial charge on any atom is -0.508 e. The second-order valence-corrected chi connectivity index (χ2v) is 7.49. The fourth-order valence-corrected chi connectivity index (χ4v) is 4.33. The van der Waals surface area contributed by atoms with E-state index in [9.17, 15) is 10.2 Å². The summed E-state index contributed by atoms with van der Waals surface area (Å²) in [5.41, 5.74) is 4.43. The maximum Gasteiger partial charge on any atom is 0.200 e. The second kappa shape index (κ2) is 6.20. The smallest absolute Gasteiger partial charge is 0.200 e. The molecule has 0 saturated heterocycles. The third kappa shape index (κ3) is 2.87. The normalized spacial score (nSPS) is 28.7. The van der Waals surface area contributed by atoms with E-state index >= 15 is 0 Å². The summed E-state index contributed by atoms with van der Waals surface area (Å²) in [5.74, 6) is 1.93. The van der Waals surface area contributed by atoms with Crippen molar-refractivity contribution in [1.82, 2.24) is 0 Å². The van der Waals surface area contributed by atoms with Gasteiger partial charge in [0.1, 0.15) is 11.5 Å². The van der Waals surface area contributed by atoms with E-state index in [1.54, 1.807) is 6.07 Å². The molecule has 0 amide bonds. The molecule has 0 saturated carbocycles. The third-order valence-corrected chi connectivity index (χ3v) is 5.47. The van der Waals surface area contributed by atoms with Crippen LogP contribution in [0.3, 0.4) is 0 Å². The van der Waals surface area contributed by atoms with Gasteiger partial charge in [0.2, 0.25) is 6.29 Å². The van der Waals surface area contributed by atoms with Crippen molar-refractivity contribution in [1.29, 1.82) is 0 Å². The number of allylic oxidation sites excluding steroid dienone is 2. The van der Waals surface area contributed by atoms with Crippen molar-refractivity contribution in [2.45, 2.75) is 71.5 Å². The number of rotatable bonds is 3. The predicted molar refractivity (Wildman–Crippen MR) is 92.0 cm³/mol. The molecular weight excluding hydrogens is 288 g/mol. The van der Waals surface area contributed by atoms with Gasteiger partial charge in [0.25, 0.3) is 0 Å². The summed E-state index contributed by atoms with van der Waals surface area (Å²) in [6.07, 6.45) is 5.47. The van der Waals surface area contributed by atoms with Gasteiger partial charge in [0.05, 0.1) is 0 Å². The summed E-state index contributed by atoms with van der Waals surface area (Å²) >= 11 is 0. The summed E-state index contributed by atoms with van der Waals surface area (Å²) in [6, 6.07) is 1.78. The first-order valence-corrected chi connectivity index (χ1v) is 8.74. The van der Waals surface area contributed by atoms with Gasteiger partial charge in [0.15, 0.2) is 0 Å².